The summed E-state index contributed by atoms with van der Waals surface area (Å²) >= 11 is 3.49. The van der Waals surface area contributed by atoms with Gasteiger partial charge in [0.05, 0.1) is 5.52 Å². The van der Waals surface area contributed by atoms with Gasteiger partial charge in [-0.1, -0.05) is 12.1 Å². The number of hydrogen-bond donors (Lipinski definition) is 0. The van der Waals surface area contributed by atoms with Crippen molar-refractivity contribution in [3.05, 3.63) is 34.4 Å². The first-order valence-electron chi connectivity index (χ1n) is 4.50. The first kappa shape index (κ1) is 9.46. The average molecular weight is 252 g/mol. The number of para-hydroxylation sites is 1. The molecule has 2 nitrogen and oxygen atoms in total. The van der Waals surface area contributed by atoms with E-state index >= 15 is 0 Å². The summed E-state index contributed by atoms with van der Waals surface area (Å²) < 4.78 is 3.10. The molecule has 0 saturated heterocycles. The molecule has 3 heteroatoms. The average Bonchev–Trinajstić information content (AvgIpc) is 2.57. The molecule has 0 aliphatic rings. The molecule has 0 fully saturated rings. The van der Waals surface area contributed by atoms with Crippen LogP contribution in [-0.4, -0.2) is 10.9 Å². The molecule has 0 unspecified atom stereocenters. The monoisotopic (exact) mass is 251 g/mol. The fraction of sp³-hybridized carbons (Fsp3) is 0.182. The molecule has 1 aromatic heterocycles. The zero-order valence-corrected chi connectivity index (χ0v) is 9.41. The van der Waals surface area contributed by atoms with Crippen LogP contribution in [0.5, 0.6) is 0 Å². The van der Waals surface area contributed by atoms with E-state index in [-0.39, 0.29) is 0 Å². The highest BCUT2D eigenvalue weighted by molar-refractivity contribution is 9.10. The van der Waals surface area contributed by atoms with Crippen molar-refractivity contribution in [2.24, 2.45) is 0 Å². The Balaban J connectivity index is 2.88. The summed E-state index contributed by atoms with van der Waals surface area (Å²) in [6.07, 6.45) is 2.80. The second kappa shape index (κ2) is 3.58. The number of hydrogen-bond acceptors (Lipinski definition) is 1. The van der Waals surface area contributed by atoms with E-state index in [0.717, 1.165) is 33.8 Å². The van der Waals surface area contributed by atoms with E-state index in [4.69, 9.17) is 0 Å². The number of nitrogens with zero attached hydrogens (tertiary/aromatic N) is 1. The number of benzene rings is 1. The van der Waals surface area contributed by atoms with Crippen molar-refractivity contribution in [1.29, 1.82) is 0 Å². The van der Waals surface area contributed by atoms with E-state index in [1.165, 1.54) is 0 Å². The van der Waals surface area contributed by atoms with Gasteiger partial charge in [-0.2, -0.15) is 0 Å². The normalized spacial score (nSPS) is 10.7. The van der Waals surface area contributed by atoms with Crippen molar-refractivity contribution in [3.8, 4) is 0 Å². The fourth-order valence-electron chi connectivity index (χ4n) is 1.69. The maximum absolute atomic E-state index is 10.8. The van der Waals surface area contributed by atoms with Gasteiger partial charge in [0.25, 0.3) is 0 Å². The molecule has 1 aromatic carbocycles. The first-order valence-corrected chi connectivity index (χ1v) is 5.29. The molecular weight excluding hydrogens is 242 g/mol. The highest BCUT2D eigenvalue weighted by atomic mass is 79.9. The molecule has 0 N–H and O–H groups in total. The molecule has 0 spiro atoms. The molecule has 2 rings (SSSR count). The molecule has 0 atom stereocenters. The van der Waals surface area contributed by atoms with Gasteiger partial charge in [0, 0.05) is 28.2 Å². The number of aldehydes is 1. The van der Waals surface area contributed by atoms with Crippen LogP contribution in [-0.2, 0) is 6.54 Å². The Bertz CT molecular complexity index is 487. The number of carbonyl (C=O) groups is 1. The second-order valence-corrected chi connectivity index (χ2v) is 3.98. The summed E-state index contributed by atoms with van der Waals surface area (Å²) in [5.74, 6) is 0. The molecular formula is C11H10BrNO. The summed E-state index contributed by atoms with van der Waals surface area (Å²) in [5, 5.41) is 1.01. The third kappa shape index (κ3) is 1.28. The van der Waals surface area contributed by atoms with Gasteiger partial charge in [0.1, 0.15) is 0 Å². The summed E-state index contributed by atoms with van der Waals surface area (Å²) in [6.45, 7) is 2.93. The van der Waals surface area contributed by atoms with Crippen molar-refractivity contribution < 1.29 is 4.79 Å². The number of rotatable bonds is 2. The van der Waals surface area contributed by atoms with E-state index in [1.807, 2.05) is 24.4 Å². The lowest BCUT2D eigenvalue weighted by molar-refractivity contribution is 0.112. The predicted octanol–water partition coefficient (Wildman–Crippen LogP) is 3.24. The van der Waals surface area contributed by atoms with Gasteiger partial charge in [-0.3, -0.25) is 4.79 Å². The van der Waals surface area contributed by atoms with Gasteiger partial charge < -0.3 is 4.57 Å². The van der Waals surface area contributed by atoms with Crippen molar-refractivity contribution >= 4 is 33.1 Å². The Kier molecular flexibility index (Phi) is 2.42. The summed E-state index contributed by atoms with van der Waals surface area (Å²) in [7, 11) is 0. The number of fused-ring (bicyclic) bond motifs is 1. The van der Waals surface area contributed by atoms with Gasteiger partial charge >= 0.3 is 0 Å². The number of aromatic nitrogens is 1. The van der Waals surface area contributed by atoms with Crippen molar-refractivity contribution in [1.82, 2.24) is 4.57 Å². The molecule has 72 valence electrons. The minimum Gasteiger partial charge on any atom is -0.346 e. The summed E-state index contributed by atoms with van der Waals surface area (Å²) in [4.78, 5) is 10.8. The topological polar surface area (TPSA) is 22.0 Å². The van der Waals surface area contributed by atoms with Crippen molar-refractivity contribution in [2.45, 2.75) is 13.5 Å². The number of aryl methyl sites for hydroxylation is 1. The third-order valence-corrected chi connectivity index (χ3v) is 2.99. The van der Waals surface area contributed by atoms with Crippen LogP contribution in [0.2, 0.25) is 0 Å². The lowest BCUT2D eigenvalue weighted by Crippen LogP contribution is -1.90. The maximum Gasteiger partial charge on any atom is 0.152 e. The smallest absolute Gasteiger partial charge is 0.152 e. The van der Waals surface area contributed by atoms with Crippen LogP contribution in [0.3, 0.4) is 0 Å². The van der Waals surface area contributed by atoms with Gasteiger partial charge in [-0.05, 0) is 28.9 Å². The van der Waals surface area contributed by atoms with E-state index in [9.17, 15) is 4.79 Å². The van der Waals surface area contributed by atoms with Crippen LogP contribution >= 0.6 is 15.9 Å². The molecule has 0 aliphatic heterocycles. The largest absolute Gasteiger partial charge is 0.346 e. The molecule has 0 saturated carbocycles. The molecule has 0 bridgehead atoms. The molecule has 0 amide bonds. The fourth-order valence-corrected chi connectivity index (χ4v) is 2.28. The Morgan fingerprint density at radius 3 is 2.93 bits per heavy atom. The number of carbonyl (C=O) groups excluding carboxylic acids is 1. The SMILES string of the molecule is CCn1cc(C=O)c2cccc(Br)c21. The van der Waals surface area contributed by atoms with Crippen molar-refractivity contribution in [3.63, 3.8) is 0 Å². The zero-order valence-electron chi connectivity index (χ0n) is 7.83. The molecule has 0 aliphatic carbocycles. The molecule has 14 heavy (non-hydrogen) atoms. The number of halogens is 1. The molecule has 0 radical (unpaired) electrons. The van der Waals surface area contributed by atoms with Crippen LogP contribution in [0.4, 0.5) is 0 Å². The van der Waals surface area contributed by atoms with Crippen LogP contribution < -0.4 is 0 Å². The predicted molar refractivity (Wildman–Crippen MR) is 60.7 cm³/mol. The lowest BCUT2D eigenvalue weighted by atomic mass is 10.2. The Labute approximate surface area is 90.7 Å². The minimum atomic E-state index is 0.753. The first-order chi connectivity index (χ1) is 6.77. The van der Waals surface area contributed by atoms with E-state index in [2.05, 4.69) is 27.4 Å². The third-order valence-electron chi connectivity index (χ3n) is 2.35. The zero-order chi connectivity index (χ0) is 10.1. The Morgan fingerprint density at radius 2 is 2.29 bits per heavy atom. The molecule has 2 aromatic rings. The summed E-state index contributed by atoms with van der Waals surface area (Å²) in [5.41, 5.74) is 1.85. The minimum absolute atomic E-state index is 0.753. The second-order valence-electron chi connectivity index (χ2n) is 3.12. The van der Waals surface area contributed by atoms with Gasteiger partial charge in [0.15, 0.2) is 6.29 Å². The van der Waals surface area contributed by atoms with Gasteiger partial charge in [0.2, 0.25) is 0 Å². The van der Waals surface area contributed by atoms with E-state index in [1.54, 1.807) is 0 Å². The quantitative estimate of drug-likeness (QED) is 0.752. The summed E-state index contributed by atoms with van der Waals surface area (Å²) in [6, 6.07) is 5.90. The van der Waals surface area contributed by atoms with Crippen LogP contribution in [0.1, 0.15) is 17.3 Å². The van der Waals surface area contributed by atoms with Gasteiger partial charge in [-0.25, -0.2) is 0 Å². The van der Waals surface area contributed by atoms with Gasteiger partial charge in [-0.15, -0.1) is 0 Å². The van der Waals surface area contributed by atoms with Crippen LogP contribution in [0.15, 0.2) is 28.9 Å². The Morgan fingerprint density at radius 1 is 1.50 bits per heavy atom. The van der Waals surface area contributed by atoms with E-state index < -0.39 is 0 Å². The molecule has 1 heterocycles. The van der Waals surface area contributed by atoms with Crippen molar-refractivity contribution in [2.75, 3.05) is 0 Å². The van der Waals surface area contributed by atoms with Crippen LogP contribution in [0.25, 0.3) is 10.9 Å². The van der Waals surface area contributed by atoms with Crippen LogP contribution in [0, 0.1) is 0 Å². The maximum atomic E-state index is 10.8. The Hall–Kier alpha value is -1.09. The standard InChI is InChI=1S/C11H10BrNO/c1-2-13-6-8(7-14)9-4-3-5-10(12)11(9)13/h3-7H,2H2,1H3. The highest BCUT2D eigenvalue weighted by Crippen LogP contribution is 2.27. The highest BCUT2D eigenvalue weighted by Gasteiger charge is 2.08. The van der Waals surface area contributed by atoms with E-state index in [0.29, 0.717) is 0 Å². The lowest BCUT2D eigenvalue weighted by Gasteiger charge is -2.01.